The van der Waals surface area contributed by atoms with Crippen LogP contribution in [0.5, 0.6) is 0 Å². The molecule has 1 saturated heterocycles. The number of aliphatic carboxylic acids is 1. The molecule has 264 valence electrons. The normalized spacial score (nSPS) is 14.9. The van der Waals surface area contributed by atoms with Crippen molar-refractivity contribution < 1.29 is 52.8 Å². The van der Waals surface area contributed by atoms with Crippen molar-refractivity contribution >= 4 is 35.4 Å². The van der Waals surface area contributed by atoms with Crippen LogP contribution in [-0.2, 0) is 47.7 Å². The Balaban J connectivity index is 1.92. The van der Waals surface area contributed by atoms with E-state index in [4.69, 9.17) is 24.1 Å². The average Bonchev–Trinajstić information content (AvgIpc) is 3.51. The van der Waals surface area contributed by atoms with Crippen LogP contribution in [-0.4, -0.2) is 144 Å². The molecular formula is C30H53N5O11. The summed E-state index contributed by atoms with van der Waals surface area (Å²) in [5, 5.41) is 19.9. The van der Waals surface area contributed by atoms with E-state index in [1.807, 2.05) is 0 Å². The fourth-order valence-corrected chi connectivity index (χ4v) is 4.62. The number of amides is 4. The molecule has 1 heterocycles. The average molecular weight is 660 g/mol. The Morgan fingerprint density at radius 3 is 1.93 bits per heavy atom. The van der Waals surface area contributed by atoms with Crippen LogP contribution in [0, 0.1) is 0 Å². The van der Waals surface area contributed by atoms with Crippen LogP contribution in [0.3, 0.4) is 0 Å². The highest BCUT2D eigenvalue weighted by Crippen LogP contribution is 2.19. The second kappa shape index (κ2) is 25.9. The summed E-state index contributed by atoms with van der Waals surface area (Å²) in [6, 6.07) is -0.690. The standard InChI is InChI=1S/C30H53N5O11/c1-23(36)24(31-2)7-3-4-11-32-26(37)21-45-19-17-43-15-12-33-27(38)22-46-20-18-44-16-13-34-30(42)25-8-6-14-35(25)28(39)9-5-10-29(40)41/h24-25,31H,3-22H2,1-2H3,(H,32,37)(H,33,38)(H,34,42)(H,40,41). The van der Waals surface area contributed by atoms with E-state index < -0.39 is 12.0 Å². The van der Waals surface area contributed by atoms with Crippen molar-refractivity contribution in [3.8, 4) is 0 Å². The Bertz CT molecular complexity index is 937. The third kappa shape index (κ3) is 20.0. The third-order valence-corrected chi connectivity index (χ3v) is 7.06. The molecule has 0 aliphatic carbocycles. The molecule has 0 aromatic carbocycles. The first-order valence-electron chi connectivity index (χ1n) is 16.0. The maximum Gasteiger partial charge on any atom is 0.303 e. The van der Waals surface area contributed by atoms with Gasteiger partial charge in [0.1, 0.15) is 25.0 Å². The fourth-order valence-electron chi connectivity index (χ4n) is 4.62. The van der Waals surface area contributed by atoms with Crippen molar-refractivity contribution in [1.82, 2.24) is 26.2 Å². The molecule has 16 heteroatoms. The minimum Gasteiger partial charge on any atom is -0.481 e. The van der Waals surface area contributed by atoms with Crippen molar-refractivity contribution in [2.45, 2.75) is 70.4 Å². The van der Waals surface area contributed by atoms with Crippen LogP contribution >= 0.6 is 0 Å². The molecule has 0 aromatic heterocycles. The highest BCUT2D eigenvalue weighted by atomic mass is 16.5. The summed E-state index contributed by atoms with van der Waals surface area (Å²) in [5.41, 5.74) is 0. The third-order valence-electron chi connectivity index (χ3n) is 7.06. The highest BCUT2D eigenvalue weighted by Gasteiger charge is 2.33. The van der Waals surface area contributed by atoms with Crippen LogP contribution in [0.2, 0.25) is 0 Å². The lowest BCUT2D eigenvalue weighted by Gasteiger charge is -2.24. The van der Waals surface area contributed by atoms with Crippen molar-refractivity contribution in [2.75, 3.05) is 86.1 Å². The molecule has 1 aliphatic rings. The van der Waals surface area contributed by atoms with Crippen LogP contribution < -0.4 is 21.3 Å². The zero-order valence-electron chi connectivity index (χ0n) is 27.3. The van der Waals surface area contributed by atoms with Gasteiger partial charge >= 0.3 is 5.97 Å². The zero-order valence-corrected chi connectivity index (χ0v) is 27.3. The van der Waals surface area contributed by atoms with E-state index in [1.54, 1.807) is 14.0 Å². The van der Waals surface area contributed by atoms with E-state index in [-0.39, 0.29) is 114 Å². The number of rotatable bonds is 28. The van der Waals surface area contributed by atoms with E-state index in [0.29, 0.717) is 26.1 Å². The predicted octanol–water partition coefficient (Wildman–Crippen LogP) is -1.01. The number of ether oxygens (including phenoxy) is 4. The number of nitrogens with one attached hydrogen (secondary N) is 4. The molecule has 16 nitrogen and oxygen atoms in total. The lowest BCUT2D eigenvalue weighted by Crippen LogP contribution is -2.46. The van der Waals surface area contributed by atoms with E-state index in [9.17, 15) is 28.8 Å². The zero-order chi connectivity index (χ0) is 34.0. The largest absolute Gasteiger partial charge is 0.481 e. The van der Waals surface area contributed by atoms with Gasteiger partial charge in [0.2, 0.25) is 23.6 Å². The molecule has 0 aromatic rings. The number of carboxylic acid groups (broad SMARTS) is 1. The Hall–Kier alpha value is -3.18. The van der Waals surface area contributed by atoms with Gasteiger partial charge in [0, 0.05) is 39.0 Å². The van der Waals surface area contributed by atoms with Gasteiger partial charge in [-0.1, -0.05) is 0 Å². The molecule has 46 heavy (non-hydrogen) atoms. The number of carbonyl (C=O) groups is 6. The number of carbonyl (C=O) groups excluding carboxylic acids is 5. The quantitative estimate of drug-likeness (QED) is 0.0640. The molecule has 0 bridgehead atoms. The first-order chi connectivity index (χ1) is 22.1. The Morgan fingerprint density at radius 2 is 1.35 bits per heavy atom. The summed E-state index contributed by atoms with van der Waals surface area (Å²) in [6.45, 7) is 4.39. The first-order valence-corrected chi connectivity index (χ1v) is 16.0. The smallest absolute Gasteiger partial charge is 0.303 e. The highest BCUT2D eigenvalue weighted by molar-refractivity contribution is 5.88. The first kappa shape index (κ1) is 40.8. The van der Waals surface area contributed by atoms with Gasteiger partial charge < -0.3 is 50.2 Å². The number of Topliss-reactive ketones (excluding diaryl/α,β-unsaturated/α-hetero) is 1. The van der Waals surface area contributed by atoms with Gasteiger partial charge in [0.05, 0.1) is 45.7 Å². The maximum absolute atomic E-state index is 12.5. The number of carboxylic acids is 1. The summed E-state index contributed by atoms with van der Waals surface area (Å²) in [5.74, 6) is -1.82. The number of unbranched alkanes of at least 4 members (excludes halogenated alkanes) is 1. The molecule has 2 atom stereocenters. The minimum absolute atomic E-state index is 0.0669. The topological polar surface area (TPSA) is 211 Å². The summed E-state index contributed by atoms with van der Waals surface area (Å²) in [7, 11) is 1.76. The van der Waals surface area contributed by atoms with Gasteiger partial charge in [-0.2, -0.15) is 0 Å². The van der Waals surface area contributed by atoms with Gasteiger partial charge in [-0.15, -0.1) is 0 Å². The van der Waals surface area contributed by atoms with Crippen LogP contribution in [0.15, 0.2) is 0 Å². The second-order valence-electron chi connectivity index (χ2n) is 10.8. The maximum atomic E-state index is 12.5. The fraction of sp³-hybridized carbons (Fsp3) is 0.800. The molecule has 1 rings (SSSR count). The monoisotopic (exact) mass is 659 g/mol. The van der Waals surface area contributed by atoms with Gasteiger partial charge in [-0.05, 0) is 52.5 Å². The Labute approximate surface area is 270 Å². The Morgan fingerprint density at radius 1 is 0.761 bits per heavy atom. The Kier molecular flexibility index (Phi) is 23.0. The molecule has 2 unspecified atom stereocenters. The summed E-state index contributed by atoms with van der Waals surface area (Å²) >= 11 is 0. The summed E-state index contributed by atoms with van der Waals surface area (Å²) < 4.78 is 21.3. The van der Waals surface area contributed by atoms with Crippen LogP contribution in [0.1, 0.15) is 58.3 Å². The van der Waals surface area contributed by atoms with Crippen molar-refractivity contribution in [3.05, 3.63) is 0 Å². The molecule has 1 aliphatic heterocycles. The van der Waals surface area contributed by atoms with Crippen molar-refractivity contribution in [2.24, 2.45) is 0 Å². The van der Waals surface area contributed by atoms with Crippen molar-refractivity contribution in [1.29, 1.82) is 0 Å². The summed E-state index contributed by atoms with van der Waals surface area (Å²) in [6.07, 6.45) is 3.90. The molecular weight excluding hydrogens is 606 g/mol. The van der Waals surface area contributed by atoms with Gasteiger partial charge in [-0.25, -0.2) is 0 Å². The van der Waals surface area contributed by atoms with Crippen LogP contribution in [0.4, 0.5) is 0 Å². The molecule has 0 spiro atoms. The van der Waals surface area contributed by atoms with Gasteiger partial charge in [0.15, 0.2) is 0 Å². The molecule has 1 fully saturated rings. The van der Waals surface area contributed by atoms with E-state index >= 15 is 0 Å². The number of nitrogens with zero attached hydrogens (tertiary/aromatic N) is 1. The van der Waals surface area contributed by atoms with Gasteiger partial charge in [0.25, 0.3) is 0 Å². The lowest BCUT2D eigenvalue weighted by molar-refractivity contribution is -0.139. The number of hydrogen-bond donors (Lipinski definition) is 5. The van der Waals surface area contributed by atoms with E-state index in [2.05, 4.69) is 21.3 Å². The minimum atomic E-state index is -0.951. The number of likely N-dealkylation sites (N-methyl/N-ethyl adjacent to an activating group) is 1. The van der Waals surface area contributed by atoms with Crippen molar-refractivity contribution in [3.63, 3.8) is 0 Å². The number of hydrogen-bond acceptors (Lipinski definition) is 11. The lowest BCUT2D eigenvalue weighted by atomic mass is 10.1. The number of likely N-dealkylation sites (tertiary alicyclic amines) is 1. The summed E-state index contributed by atoms with van der Waals surface area (Å²) in [4.78, 5) is 71.9. The molecule has 0 radical (unpaired) electrons. The van der Waals surface area contributed by atoms with Gasteiger partial charge in [-0.3, -0.25) is 28.8 Å². The van der Waals surface area contributed by atoms with E-state index in [1.165, 1.54) is 4.90 Å². The molecule has 4 amide bonds. The number of ketones is 1. The SMILES string of the molecule is CNC(CCCCNC(=O)COCCOCCNC(=O)COCCOCCNC(=O)C1CCCN1C(=O)CCCC(=O)O)C(C)=O. The molecule has 0 saturated carbocycles. The van der Waals surface area contributed by atoms with E-state index in [0.717, 1.165) is 25.7 Å². The predicted molar refractivity (Wildman–Crippen MR) is 166 cm³/mol. The second-order valence-corrected chi connectivity index (χ2v) is 10.8. The van der Waals surface area contributed by atoms with Crippen LogP contribution in [0.25, 0.3) is 0 Å². The molecule has 5 N–H and O–H groups in total.